The lowest BCUT2D eigenvalue weighted by Crippen LogP contribution is -2.39. The average Bonchev–Trinajstić information content (AvgIpc) is 2.91. The molecule has 1 amide bonds. The smallest absolute Gasteiger partial charge is 0.266 e. The van der Waals surface area contributed by atoms with Crippen LogP contribution in [0.5, 0.6) is 0 Å². The fourth-order valence-corrected chi connectivity index (χ4v) is 4.69. The van der Waals surface area contributed by atoms with Gasteiger partial charge in [-0.1, -0.05) is 74.5 Å². The van der Waals surface area contributed by atoms with Gasteiger partial charge < -0.3 is 4.90 Å². The molecule has 180 valence electrons. The van der Waals surface area contributed by atoms with Gasteiger partial charge in [0.05, 0.1) is 22.6 Å². The van der Waals surface area contributed by atoms with E-state index >= 15 is 0 Å². The quantitative estimate of drug-likeness (QED) is 0.286. The van der Waals surface area contributed by atoms with Gasteiger partial charge in [-0.15, -0.1) is 0 Å². The zero-order valence-electron chi connectivity index (χ0n) is 20.8. The van der Waals surface area contributed by atoms with Crippen molar-refractivity contribution in [2.75, 3.05) is 6.54 Å². The molecule has 1 atom stereocenters. The maximum atomic E-state index is 13.9. The highest BCUT2D eigenvalue weighted by atomic mass is 16.2. The third kappa shape index (κ3) is 4.40. The molecule has 0 fully saturated rings. The van der Waals surface area contributed by atoms with Crippen molar-refractivity contribution in [3.05, 3.63) is 119 Å². The number of fused-ring (bicyclic) bond motifs is 2. The number of benzene rings is 4. The van der Waals surface area contributed by atoms with Crippen LogP contribution in [0.4, 0.5) is 0 Å². The van der Waals surface area contributed by atoms with Crippen LogP contribution in [0.3, 0.4) is 0 Å². The van der Waals surface area contributed by atoms with Crippen LogP contribution in [0.25, 0.3) is 27.4 Å². The summed E-state index contributed by atoms with van der Waals surface area (Å²) in [5, 5.41) is 2.66. The molecule has 4 aromatic carbocycles. The van der Waals surface area contributed by atoms with E-state index in [9.17, 15) is 9.59 Å². The topological polar surface area (TPSA) is 55.2 Å². The predicted molar refractivity (Wildman–Crippen MR) is 146 cm³/mol. The maximum absolute atomic E-state index is 13.9. The first-order valence-electron chi connectivity index (χ1n) is 12.3. The minimum Gasteiger partial charge on any atom is -0.328 e. The van der Waals surface area contributed by atoms with Gasteiger partial charge >= 0.3 is 0 Å². The van der Waals surface area contributed by atoms with Crippen molar-refractivity contribution in [3.63, 3.8) is 0 Å². The number of rotatable bonds is 6. The number of hydrogen-bond donors (Lipinski definition) is 0. The molecule has 0 radical (unpaired) electrons. The van der Waals surface area contributed by atoms with Gasteiger partial charge in [-0.3, -0.25) is 14.2 Å². The Kier molecular flexibility index (Phi) is 6.38. The van der Waals surface area contributed by atoms with Gasteiger partial charge in [-0.25, -0.2) is 4.98 Å². The Morgan fingerprint density at radius 3 is 2.25 bits per heavy atom. The molecule has 0 N–H and O–H groups in total. The monoisotopic (exact) mass is 475 g/mol. The van der Waals surface area contributed by atoms with Crippen LogP contribution >= 0.6 is 0 Å². The third-order valence-electron chi connectivity index (χ3n) is 6.48. The van der Waals surface area contributed by atoms with Gasteiger partial charge in [0.25, 0.3) is 11.5 Å². The van der Waals surface area contributed by atoms with E-state index in [1.54, 1.807) is 10.6 Å². The van der Waals surface area contributed by atoms with E-state index < -0.39 is 6.04 Å². The van der Waals surface area contributed by atoms with Gasteiger partial charge in [0.1, 0.15) is 5.82 Å². The molecule has 5 aromatic rings. The lowest BCUT2D eigenvalue weighted by Gasteiger charge is -2.32. The first-order chi connectivity index (χ1) is 17.4. The Hall–Kier alpha value is -4.25. The average molecular weight is 476 g/mol. The van der Waals surface area contributed by atoms with Crippen LogP contribution in [0, 0.1) is 5.92 Å². The molecule has 5 nitrogen and oxygen atoms in total. The molecule has 0 aliphatic rings. The van der Waals surface area contributed by atoms with Crippen molar-refractivity contribution in [1.29, 1.82) is 0 Å². The minimum atomic E-state index is -0.441. The molecule has 0 spiro atoms. The minimum absolute atomic E-state index is 0.0797. The van der Waals surface area contributed by atoms with E-state index in [4.69, 9.17) is 4.98 Å². The van der Waals surface area contributed by atoms with Crippen LogP contribution < -0.4 is 5.56 Å². The normalized spacial score (nSPS) is 12.2. The molecule has 5 rings (SSSR count). The fraction of sp³-hybridized carbons (Fsp3) is 0.194. The van der Waals surface area contributed by atoms with Crippen molar-refractivity contribution < 1.29 is 4.79 Å². The highest BCUT2D eigenvalue weighted by Gasteiger charge is 2.28. The summed E-state index contributed by atoms with van der Waals surface area (Å²) in [5.41, 5.74) is 1.83. The molecule has 0 saturated carbocycles. The molecule has 36 heavy (non-hydrogen) atoms. The first-order valence-corrected chi connectivity index (χ1v) is 12.3. The van der Waals surface area contributed by atoms with E-state index in [1.165, 1.54) is 0 Å². The second kappa shape index (κ2) is 9.78. The van der Waals surface area contributed by atoms with E-state index in [0.29, 0.717) is 28.8 Å². The number of aromatic nitrogens is 2. The fourth-order valence-electron chi connectivity index (χ4n) is 4.69. The summed E-state index contributed by atoms with van der Waals surface area (Å²) >= 11 is 0. The van der Waals surface area contributed by atoms with Crippen LogP contribution in [0.1, 0.15) is 43.0 Å². The summed E-state index contributed by atoms with van der Waals surface area (Å²) in [4.78, 5) is 34.4. The lowest BCUT2D eigenvalue weighted by molar-refractivity contribution is 0.0655. The Morgan fingerprint density at radius 2 is 1.50 bits per heavy atom. The van der Waals surface area contributed by atoms with Crippen molar-refractivity contribution in [2.24, 2.45) is 5.92 Å². The summed E-state index contributed by atoms with van der Waals surface area (Å²) in [6.45, 7) is 6.67. The zero-order chi connectivity index (χ0) is 25.2. The summed E-state index contributed by atoms with van der Waals surface area (Å²) in [6, 6.07) is 30.2. The second-order valence-corrected chi connectivity index (χ2v) is 9.55. The highest BCUT2D eigenvalue weighted by molar-refractivity contribution is 5.98. The van der Waals surface area contributed by atoms with Crippen LogP contribution in [0.15, 0.2) is 102 Å². The van der Waals surface area contributed by atoms with E-state index in [2.05, 4.69) is 13.8 Å². The number of amides is 1. The Bertz CT molecular complexity index is 1610. The number of para-hydroxylation sites is 2. The second-order valence-electron chi connectivity index (χ2n) is 9.55. The highest BCUT2D eigenvalue weighted by Crippen LogP contribution is 2.26. The van der Waals surface area contributed by atoms with Gasteiger partial charge in [-0.2, -0.15) is 0 Å². The Morgan fingerprint density at radius 1 is 0.833 bits per heavy atom. The van der Waals surface area contributed by atoms with Gasteiger partial charge in [0, 0.05) is 12.1 Å². The molecular weight excluding hydrogens is 446 g/mol. The van der Waals surface area contributed by atoms with Crippen molar-refractivity contribution >= 4 is 27.6 Å². The molecule has 0 aliphatic heterocycles. The number of hydrogen-bond acceptors (Lipinski definition) is 3. The number of nitrogens with zero attached hydrogens (tertiary/aromatic N) is 3. The van der Waals surface area contributed by atoms with Crippen molar-refractivity contribution in [2.45, 2.75) is 26.8 Å². The van der Waals surface area contributed by atoms with Crippen LogP contribution in [-0.4, -0.2) is 26.9 Å². The molecule has 1 aromatic heterocycles. The predicted octanol–water partition coefficient (Wildman–Crippen LogP) is 6.40. The van der Waals surface area contributed by atoms with E-state index in [1.807, 2.05) is 103 Å². The van der Waals surface area contributed by atoms with Gasteiger partial charge in [0.15, 0.2) is 0 Å². The van der Waals surface area contributed by atoms with Gasteiger partial charge in [0.2, 0.25) is 0 Å². The molecule has 0 aliphatic carbocycles. The first kappa shape index (κ1) is 23.5. The SMILES string of the molecule is CC(C)CN(C(=O)c1ccc2ccccc2c1)C(C)c1nc2ccccc2c(=O)n1-c1ccccc1. The van der Waals surface area contributed by atoms with Gasteiger partial charge in [-0.05, 0) is 60.0 Å². The van der Waals surface area contributed by atoms with E-state index in [-0.39, 0.29) is 17.4 Å². The standard InChI is InChI=1S/C31H29N3O2/c1-21(2)20-33(30(35)25-18-17-23-11-7-8-12-24(23)19-25)22(3)29-32-28-16-10-9-15-27(28)31(36)34(29)26-13-5-4-6-14-26/h4-19,21-22H,20H2,1-3H3. The van der Waals surface area contributed by atoms with Crippen LogP contribution in [-0.2, 0) is 0 Å². The molecule has 1 unspecified atom stereocenters. The van der Waals surface area contributed by atoms with Crippen molar-refractivity contribution in [1.82, 2.24) is 14.5 Å². The zero-order valence-corrected chi connectivity index (χ0v) is 20.8. The molecule has 0 bridgehead atoms. The van der Waals surface area contributed by atoms with E-state index in [0.717, 1.165) is 16.5 Å². The molecular formula is C31H29N3O2. The third-order valence-corrected chi connectivity index (χ3v) is 6.48. The van der Waals surface area contributed by atoms with Crippen LogP contribution in [0.2, 0.25) is 0 Å². The maximum Gasteiger partial charge on any atom is 0.266 e. The lowest BCUT2D eigenvalue weighted by atomic mass is 10.0. The summed E-state index contributed by atoms with van der Waals surface area (Å²) < 4.78 is 1.65. The summed E-state index contributed by atoms with van der Waals surface area (Å²) in [7, 11) is 0. The Labute approximate surface area is 210 Å². The summed E-state index contributed by atoms with van der Waals surface area (Å²) in [5.74, 6) is 0.692. The van der Waals surface area contributed by atoms with Crippen molar-refractivity contribution in [3.8, 4) is 5.69 Å². The molecule has 0 saturated heterocycles. The molecule has 5 heteroatoms. The Balaban J connectivity index is 1.66. The largest absolute Gasteiger partial charge is 0.328 e. The number of carbonyl (C=O) groups excluding carboxylic acids is 1. The summed E-state index contributed by atoms with van der Waals surface area (Å²) in [6.07, 6.45) is 0. The molecule has 1 heterocycles. The number of carbonyl (C=O) groups is 1.